The molecule has 0 saturated heterocycles. The lowest BCUT2D eigenvalue weighted by Crippen LogP contribution is -1.91. The van der Waals surface area contributed by atoms with Crippen molar-refractivity contribution in [1.29, 1.82) is 0 Å². The van der Waals surface area contributed by atoms with Crippen LogP contribution in [0.2, 0.25) is 0 Å². The van der Waals surface area contributed by atoms with Crippen molar-refractivity contribution in [2.45, 2.75) is 0 Å². The van der Waals surface area contributed by atoms with Crippen molar-refractivity contribution in [3.05, 3.63) is 158 Å². The summed E-state index contributed by atoms with van der Waals surface area (Å²) in [6, 6.07) is 51.8. The Morgan fingerprint density at radius 3 is 1.88 bits per heavy atom. The molecule has 2 nitrogen and oxygen atoms in total. The smallest absolute Gasteiger partial charge is 0.0722 e. The first-order valence-corrected chi connectivity index (χ1v) is 14.2. The third-order valence-electron chi connectivity index (χ3n) is 8.17. The molecule has 0 bridgehead atoms. The van der Waals surface area contributed by atoms with Gasteiger partial charge in [0, 0.05) is 28.7 Å². The second-order valence-corrected chi connectivity index (χ2v) is 10.7. The van der Waals surface area contributed by atoms with Gasteiger partial charge in [0.05, 0.1) is 11.2 Å². The van der Waals surface area contributed by atoms with E-state index in [2.05, 4.69) is 151 Å². The van der Waals surface area contributed by atoms with E-state index in [-0.39, 0.29) is 0 Å². The van der Waals surface area contributed by atoms with Gasteiger partial charge in [-0.1, -0.05) is 127 Å². The Morgan fingerprint density at radius 2 is 1.07 bits per heavy atom. The zero-order valence-corrected chi connectivity index (χ0v) is 22.9. The van der Waals surface area contributed by atoms with E-state index in [1.54, 1.807) is 0 Å². The van der Waals surface area contributed by atoms with E-state index in [1.807, 2.05) is 12.4 Å². The molecule has 0 amide bonds. The van der Waals surface area contributed by atoms with Gasteiger partial charge in [-0.25, -0.2) is 4.98 Å². The molecule has 42 heavy (non-hydrogen) atoms. The molecule has 2 heterocycles. The van der Waals surface area contributed by atoms with Crippen molar-refractivity contribution in [2.75, 3.05) is 0 Å². The summed E-state index contributed by atoms with van der Waals surface area (Å²) in [5.41, 5.74) is 10.3. The average Bonchev–Trinajstić information content (AvgIpc) is 3.08. The van der Waals surface area contributed by atoms with Crippen LogP contribution in [0.5, 0.6) is 0 Å². The number of nitrogens with zero attached hydrogens (tertiary/aromatic N) is 2. The highest BCUT2D eigenvalue weighted by atomic mass is 14.7. The largest absolute Gasteiger partial charge is 0.264 e. The average molecular weight is 535 g/mol. The van der Waals surface area contributed by atoms with Crippen LogP contribution in [0.4, 0.5) is 0 Å². The molecule has 8 aromatic rings. The topological polar surface area (TPSA) is 25.8 Å². The van der Waals surface area contributed by atoms with Crippen molar-refractivity contribution in [3.63, 3.8) is 0 Å². The van der Waals surface area contributed by atoms with Crippen LogP contribution in [-0.2, 0) is 0 Å². The fraction of sp³-hybridized carbons (Fsp3) is 0. The molecule has 8 rings (SSSR count). The van der Waals surface area contributed by atoms with Crippen LogP contribution in [-0.4, -0.2) is 9.97 Å². The van der Waals surface area contributed by atoms with E-state index in [0.29, 0.717) is 0 Å². The van der Waals surface area contributed by atoms with Crippen molar-refractivity contribution in [2.24, 2.45) is 0 Å². The summed E-state index contributed by atoms with van der Waals surface area (Å²) in [5, 5.41) is 6.02. The molecule has 196 valence electrons. The van der Waals surface area contributed by atoms with Gasteiger partial charge in [-0.15, -0.1) is 0 Å². The fourth-order valence-corrected chi connectivity index (χ4v) is 6.05. The van der Waals surface area contributed by atoms with Gasteiger partial charge < -0.3 is 0 Å². The molecule has 0 spiro atoms. The van der Waals surface area contributed by atoms with Crippen LogP contribution >= 0.6 is 0 Å². The summed E-state index contributed by atoms with van der Waals surface area (Å²) < 4.78 is 0. The fourth-order valence-electron chi connectivity index (χ4n) is 6.05. The molecule has 0 unspecified atom stereocenters. The Hall–Kier alpha value is -5.60. The molecule has 0 atom stereocenters. The van der Waals surface area contributed by atoms with Gasteiger partial charge in [0.1, 0.15) is 0 Å². The first kappa shape index (κ1) is 24.2. The standard InChI is InChI=1S/C40H26N2/c1-2-7-29(8-3-1)37-25-39(42-38-22-21-30-9-4-5-11-36(30)40(37)38)32-19-15-28(16-20-32)27-13-17-31(18-14-27)34-12-6-10-33-26-41-24-23-35(33)34/h1-26H. The summed E-state index contributed by atoms with van der Waals surface area (Å²) in [7, 11) is 0. The molecule has 0 aliphatic rings. The highest BCUT2D eigenvalue weighted by Gasteiger charge is 2.13. The Morgan fingerprint density at radius 1 is 0.405 bits per heavy atom. The summed E-state index contributed by atoms with van der Waals surface area (Å²) >= 11 is 0. The lowest BCUT2D eigenvalue weighted by atomic mass is 9.94. The molecule has 0 radical (unpaired) electrons. The zero-order valence-electron chi connectivity index (χ0n) is 22.9. The maximum atomic E-state index is 5.15. The van der Waals surface area contributed by atoms with Crippen molar-refractivity contribution in [1.82, 2.24) is 9.97 Å². The lowest BCUT2D eigenvalue weighted by molar-refractivity contribution is 1.36. The van der Waals surface area contributed by atoms with E-state index in [1.165, 1.54) is 54.9 Å². The Labute approximate surface area is 244 Å². The van der Waals surface area contributed by atoms with E-state index in [9.17, 15) is 0 Å². The van der Waals surface area contributed by atoms with Crippen LogP contribution < -0.4 is 0 Å². The number of hydrogen-bond donors (Lipinski definition) is 0. The van der Waals surface area contributed by atoms with E-state index < -0.39 is 0 Å². The Balaban J connectivity index is 1.17. The molecular formula is C40H26N2. The minimum absolute atomic E-state index is 0.976. The first-order valence-electron chi connectivity index (χ1n) is 14.2. The van der Waals surface area contributed by atoms with Crippen molar-refractivity contribution >= 4 is 32.4 Å². The first-order chi connectivity index (χ1) is 20.8. The van der Waals surface area contributed by atoms with Crippen molar-refractivity contribution in [3.8, 4) is 44.6 Å². The molecule has 0 N–H and O–H groups in total. The summed E-state index contributed by atoms with van der Waals surface area (Å²) in [5.74, 6) is 0. The molecule has 2 aromatic heterocycles. The third-order valence-corrected chi connectivity index (χ3v) is 8.17. The van der Waals surface area contributed by atoms with Gasteiger partial charge in [-0.05, 0) is 67.7 Å². The molecule has 0 aliphatic carbocycles. The number of benzene rings is 6. The van der Waals surface area contributed by atoms with Gasteiger partial charge >= 0.3 is 0 Å². The molecule has 0 aliphatic heterocycles. The summed E-state index contributed by atoms with van der Waals surface area (Å²) in [6.07, 6.45) is 3.78. The number of hydrogen-bond acceptors (Lipinski definition) is 2. The number of rotatable bonds is 4. The minimum Gasteiger partial charge on any atom is -0.264 e. The predicted octanol–water partition coefficient (Wildman–Crippen LogP) is 10.6. The highest BCUT2D eigenvalue weighted by molar-refractivity contribution is 6.13. The maximum Gasteiger partial charge on any atom is 0.0722 e. The van der Waals surface area contributed by atoms with Crippen LogP contribution in [0.25, 0.3) is 77.1 Å². The second-order valence-electron chi connectivity index (χ2n) is 10.7. The van der Waals surface area contributed by atoms with Crippen LogP contribution in [0.3, 0.4) is 0 Å². The van der Waals surface area contributed by atoms with E-state index in [0.717, 1.165) is 22.2 Å². The van der Waals surface area contributed by atoms with Gasteiger partial charge in [0.15, 0.2) is 0 Å². The monoisotopic (exact) mass is 534 g/mol. The second kappa shape index (κ2) is 10.1. The van der Waals surface area contributed by atoms with Crippen LogP contribution in [0.15, 0.2) is 158 Å². The highest BCUT2D eigenvalue weighted by Crippen LogP contribution is 2.37. The quantitative estimate of drug-likeness (QED) is 0.210. The van der Waals surface area contributed by atoms with Gasteiger partial charge in [-0.2, -0.15) is 0 Å². The maximum absolute atomic E-state index is 5.15. The van der Waals surface area contributed by atoms with Crippen LogP contribution in [0.1, 0.15) is 0 Å². The van der Waals surface area contributed by atoms with E-state index in [4.69, 9.17) is 4.98 Å². The summed E-state index contributed by atoms with van der Waals surface area (Å²) in [4.78, 5) is 9.42. The molecule has 6 aromatic carbocycles. The SMILES string of the molecule is c1ccc(-c2cc(-c3ccc(-c4ccc(-c5cccc6cnccc56)cc4)cc3)nc3ccc4ccccc4c23)cc1. The molecule has 2 heteroatoms. The number of fused-ring (bicyclic) bond motifs is 4. The van der Waals surface area contributed by atoms with E-state index >= 15 is 0 Å². The number of pyridine rings is 2. The van der Waals surface area contributed by atoms with Gasteiger partial charge in [0.25, 0.3) is 0 Å². The number of aromatic nitrogens is 2. The van der Waals surface area contributed by atoms with Gasteiger partial charge in [0.2, 0.25) is 0 Å². The normalized spacial score (nSPS) is 11.3. The Bertz CT molecular complexity index is 2210. The Kier molecular flexibility index (Phi) is 5.82. The zero-order chi connectivity index (χ0) is 27.9. The van der Waals surface area contributed by atoms with Crippen LogP contribution in [0, 0.1) is 0 Å². The lowest BCUT2D eigenvalue weighted by Gasteiger charge is -2.13. The predicted molar refractivity (Wildman–Crippen MR) is 176 cm³/mol. The molecule has 0 saturated carbocycles. The van der Waals surface area contributed by atoms with Gasteiger partial charge in [-0.3, -0.25) is 4.98 Å². The minimum atomic E-state index is 0.976. The third kappa shape index (κ3) is 4.22. The molecule has 0 fully saturated rings. The molecular weight excluding hydrogens is 508 g/mol. The van der Waals surface area contributed by atoms with Crippen molar-refractivity contribution < 1.29 is 0 Å². The summed E-state index contributed by atoms with van der Waals surface area (Å²) in [6.45, 7) is 0.